The molecule has 0 atom stereocenters. The minimum Gasteiger partial charge on any atom is -0.342 e. The zero-order valence-corrected chi connectivity index (χ0v) is 17.2. The Morgan fingerprint density at radius 1 is 1.37 bits per heavy atom. The highest BCUT2D eigenvalue weighted by Gasteiger charge is 2.23. The van der Waals surface area contributed by atoms with Crippen molar-refractivity contribution in [3.63, 3.8) is 0 Å². The van der Waals surface area contributed by atoms with Gasteiger partial charge in [-0.1, -0.05) is 37.9 Å². The number of nitrogens with one attached hydrogen (secondary N) is 1. The lowest BCUT2D eigenvalue weighted by Crippen LogP contribution is -2.27. The van der Waals surface area contributed by atoms with Crippen molar-refractivity contribution in [1.29, 1.82) is 5.26 Å². The van der Waals surface area contributed by atoms with Crippen LogP contribution in [0.4, 0.5) is 0 Å². The number of carbonyl (C=O) groups is 1. The first-order chi connectivity index (χ1) is 13.2. The van der Waals surface area contributed by atoms with Gasteiger partial charge >= 0.3 is 0 Å². The van der Waals surface area contributed by atoms with Gasteiger partial charge in [0.1, 0.15) is 11.4 Å². The second kappa shape index (κ2) is 9.38. The third-order valence-corrected chi connectivity index (χ3v) is 6.88. The molecular formula is C19H24N4O2S2. The number of fused-ring (bicyclic) bond motifs is 3. The predicted molar refractivity (Wildman–Crippen MR) is 109 cm³/mol. The fraction of sp³-hybridized carbons (Fsp3) is 0.579. The summed E-state index contributed by atoms with van der Waals surface area (Å²) in [6.07, 6.45) is 7.41. The minimum absolute atomic E-state index is 0.00662. The van der Waals surface area contributed by atoms with Crippen LogP contribution >= 0.6 is 23.1 Å². The first-order valence-corrected chi connectivity index (χ1v) is 11.3. The lowest BCUT2D eigenvalue weighted by molar-refractivity contribution is -0.118. The number of thioether (sulfide) groups is 1. The summed E-state index contributed by atoms with van der Waals surface area (Å²) in [5.74, 6) is -0.0678. The smallest absolute Gasteiger partial charge is 0.263 e. The molecule has 27 heavy (non-hydrogen) atoms. The molecule has 1 aliphatic carbocycles. The van der Waals surface area contributed by atoms with Crippen molar-refractivity contribution in [2.45, 2.75) is 63.6 Å². The quantitative estimate of drug-likeness (QED) is 0.300. The standard InChI is InChI=1S/C19H24N4O2S2/c1-2-3-4-5-11-23-18(25)16-13-7-6-8-14(13)27-17(16)22-19(23)26-12-15(24)21-10-9-20/h2-8,10-12H2,1H3,(H,21,24). The van der Waals surface area contributed by atoms with Crippen LogP contribution in [0.2, 0.25) is 0 Å². The molecule has 2 aromatic heterocycles. The first kappa shape index (κ1) is 19.9. The summed E-state index contributed by atoms with van der Waals surface area (Å²) >= 11 is 2.90. The van der Waals surface area contributed by atoms with E-state index in [2.05, 4.69) is 12.2 Å². The Morgan fingerprint density at radius 2 is 2.22 bits per heavy atom. The van der Waals surface area contributed by atoms with Crippen molar-refractivity contribution >= 4 is 39.2 Å². The number of nitriles is 1. The number of amides is 1. The molecule has 0 radical (unpaired) electrons. The van der Waals surface area contributed by atoms with Crippen LogP contribution in [-0.4, -0.2) is 27.8 Å². The molecule has 144 valence electrons. The van der Waals surface area contributed by atoms with Gasteiger partial charge in [-0.25, -0.2) is 4.98 Å². The van der Waals surface area contributed by atoms with E-state index in [1.54, 1.807) is 15.9 Å². The molecule has 2 heterocycles. The SMILES string of the molecule is CCCCCCn1c(SCC(=O)NCC#N)nc2sc3c(c2c1=O)CCC3. The molecule has 1 amide bonds. The summed E-state index contributed by atoms with van der Waals surface area (Å²) in [6, 6.07) is 1.89. The molecule has 1 aliphatic rings. The Kier molecular flexibility index (Phi) is 6.91. The normalized spacial score (nSPS) is 12.9. The Hall–Kier alpha value is -1.85. The van der Waals surface area contributed by atoms with Crippen molar-refractivity contribution in [3.8, 4) is 6.07 Å². The molecule has 0 bridgehead atoms. The topological polar surface area (TPSA) is 87.8 Å². The number of unbranched alkanes of at least 4 members (excludes halogenated alkanes) is 3. The van der Waals surface area contributed by atoms with E-state index in [0.29, 0.717) is 11.7 Å². The third kappa shape index (κ3) is 4.53. The van der Waals surface area contributed by atoms with Crippen molar-refractivity contribution in [2.24, 2.45) is 0 Å². The van der Waals surface area contributed by atoms with Gasteiger partial charge in [0.2, 0.25) is 5.91 Å². The van der Waals surface area contributed by atoms with Crippen LogP contribution < -0.4 is 10.9 Å². The van der Waals surface area contributed by atoms with Gasteiger partial charge in [0.15, 0.2) is 5.16 Å². The van der Waals surface area contributed by atoms with E-state index in [4.69, 9.17) is 10.2 Å². The van der Waals surface area contributed by atoms with Crippen LogP contribution in [0.25, 0.3) is 10.2 Å². The molecular weight excluding hydrogens is 380 g/mol. The molecule has 0 spiro atoms. The van der Waals surface area contributed by atoms with Crippen LogP contribution in [-0.2, 0) is 24.2 Å². The Labute approximate surface area is 167 Å². The lowest BCUT2D eigenvalue weighted by Gasteiger charge is -2.12. The van der Waals surface area contributed by atoms with E-state index in [1.807, 2.05) is 6.07 Å². The van der Waals surface area contributed by atoms with Crippen molar-refractivity contribution < 1.29 is 4.79 Å². The molecule has 0 aliphatic heterocycles. The summed E-state index contributed by atoms with van der Waals surface area (Å²) < 4.78 is 1.76. The number of hydrogen-bond acceptors (Lipinski definition) is 6. The maximum absolute atomic E-state index is 13.2. The number of rotatable bonds is 9. The van der Waals surface area contributed by atoms with Gasteiger partial charge in [0.25, 0.3) is 5.56 Å². The number of aryl methyl sites for hydroxylation is 2. The van der Waals surface area contributed by atoms with Crippen LogP contribution in [0, 0.1) is 11.3 Å². The maximum Gasteiger partial charge on any atom is 0.263 e. The summed E-state index contributed by atoms with van der Waals surface area (Å²) in [6.45, 7) is 2.79. The Balaban J connectivity index is 1.88. The summed E-state index contributed by atoms with van der Waals surface area (Å²) in [5, 5.41) is 12.5. The van der Waals surface area contributed by atoms with Crippen molar-refractivity contribution in [2.75, 3.05) is 12.3 Å². The zero-order chi connectivity index (χ0) is 19.2. The molecule has 3 rings (SSSR count). The highest BCUT2D eigenvalue weighted by molar-refractivity contribution is 7.99. The van der Waals surface area contributed by atoms with E-state index in [9.17, 15) is 9.59 Å². The van der Waals surface area contributed by atoms with Crippen LogP contribution in [0.1, 0.15) is 49.5 Å². The van der Waals surface area contributed by atoms with Crippen LogP contribution in [0.5, 0.6) is 0 Å². The van der Waals surface area contributed by atoms with Gasteiger partial charge in [-0.05, 0) is 31.2 Å². The maximum atomic E-state index is 13.2. The predicted octanol–water partition coefficient (Wildman–Crippen LogP) is 3.26. The van der Waals surface area contributed by atoms with Gasteiger partial charge in [0.05, 0.1) is 17.2 Å². The number of carbonyl (C=O) groups excluding carboxylic acids is 1. The first-order valence-electron chi connectivity index (χ1n) is 9.47. The average Bonchev–Trinajstić information content (AvgIpc) is 3.24. The van der Waals surface area contributed by atoms with E-state index < -0.39 is 0 Å². The zero-order valence-electron chi connectivity index (χ0n) is 15.5. The second-order valence-electron chi connectivity index (χ2n) is 6.67. The second-order valence-corrected chi connectivity index (χ2v) is 8.70. The number of hydrogen-bond donors (Lipinski definition) is 1. The fourth-order valence-electron chi connectivity index (χ4n) is 3.38. The van der Waals surface area contributed by atoms with Crippen LogP contribution in [0.15, 0.2) is 9.95 Å². The number of aromatic nitrogens is 2. The third-order valence-electron chi connectivity index (χ3n) is 4.72. The molecule has 0 saturated carbocycles. The fourth-order valence-corrected chi connectivity index (χ4v) is 5.54. The van der Waals surface area contributed by atoms with E-state index >= 15 is 0 Å². The molecule has 8 heteroatoms. The molecule has 1 N–H and O–H groups in total. The van der Waals surface area contributed by atoms with Gasteiger partial charge in [-0.15, -0.1) is 11.3 Å². The summed E-state index contributed by atoms with van der Waals surface area (Å²) in [7, 11) is 0. The van der Waals surface area contributed by atoms with Gasteiger partial charge in [0, 0.05) is 11.4 Å². The minimum atomic E-state index is -0.220. The summed E-state index contributed by atoms with van der Waals surface area (Å²) in [5.41, 5.74) is 1.23. The lowest BCUT2D eigenvalue weighted by atomic mass is 10.2. The van der Waals surface area contributed by atoms with Crippen LogP contribution in [0.3, 0.4) is 0 Å². The molecule has 2 aromatic rings. The highest BCUT2D eigenvalue weighted by Crippen LogP contribution is 2.35. The summed E-state index contributed by atoms with van der Waals surface area (Å²) in [4.78, 5) is 31.9. The highest BCUT2D eigenvalue weighted by atomic mass is 32.2. The van der Waals surface area contributed by atoms with Crippen molar-refractivity contribution in [3.05, 3.63) is 20.8 Å². The molecule has 0 aromatic carbocycles. The molecule has 6 nitrogen and oxygen atoms in total. The van der Waals surface area contributed by atoms with E-state index in [0.717, 1.165) is 55.2 Å². The van der Waals surface area contributed by atoms with E-state index in [1.165, 1.54) is 22.2 Å². The largest absolute Gasteiger partial charge is 0.342 e. The Bertz CT molecular complexity index is 926. The molecule has 0 fully saturated rings. The monoisotopic (exact) mass is 404 g/mol. The van der Waals surface area contributed by atoms with Gasteiger partial charge in [-0.3, -0.25) is 14.2 Å². The number of thiophene rings is 1. The van der Waals surface area contributed by atoms with Gasteiger partial charge in [-0.2, -0.15) is 5.26 Å². The van der Waals surface area contributed by atoms with Crippen molar-refractivity contribution in [1.82, 2.24) is 14.9 Å². The molecule has 0 unspecified atom stereocenters. The van der Waals surface area contributed by atoms with E-state index in [-0.39, 0.29) is 23.8 Å². The molecule has 0 saturated heterocycles. The number of nitrogens with zero attached hydrogens (tertiary/aromatic N) is 3. The Morgan fingerprint density at radius 3 is 3.00 bits per heavy atom. The average molecular weight is 405 g/mol. The van der Waals surface area contributed by atoms with Gasteiger partial charge < -0.3 is 5.32 Å².